The predicted molar refractivity (Wildman–Crippen MR) is 63.7 cm³/mol. The highest BCUT2D eigenvalue weighted by Crippen LogP contribution is 2.12. The van der Waals surface area contributed by atoms with Gasteiger partial charge in [-0.05, 0) is 12.8 Å². The Labute approximate surface area is 106 Å². The number of rotatable bonds is 6. The fraction of sp³-hybridized carbons (Fsp3) is 0.727. The number of imide groups is 1. The SMILES string of the molecule is CCC(O)(CC)CNC(=O)CN1C(=O)CNC1=O. The van der Waals surface area contributed by atoms with Crippen LogP contribution in [0.15, 0.2) is 0 Å². The van der Waals surface area contributed by atoms with Crippen molar-refractivity contribution in [1.82, 2.24) is 15.5 Å². The van der Waals surface area contributed by atoms with Crippen LogP contribution in [-0.4, -0.2) is 53.1 Å². The third kappa shape index (κ3) is 3.43. The van der Waals surface area contributed by atoms with Gasteiger partial charge in [-0.25, -0.2) is 4.79 Å². The van der Waals surface area contributed by atoms with Crippen LogP contribution < -0.4 is 10.6 Å². The number of amides is 4. The molecule has 0 radical (unpaired) electrons. The normalized spacial score (nSPS) is 15.8. The lowest BCUT2D eigenvalue weighted by molar-refractivity contribution is -0.131. The molecule has 0 unspecified atom stereocenters. The molecule has 0 atom stereocenters. The second kappa shape index (κ2) is 5.81. The van der Waals surface area contributed by atoms with E-state index in [-0.39, 0.29) is 19.6 Å². The van der Waals surface area contributed by atoms with Gasteiger partial charge in [0.25, 0.3) is 5.91 Å². The first-order chi connectivity index (χ1) is 8.41. The molecule has 18 heavy (non-hydrogen) atoms. The summed E-state index contributed by atoms with van der Waals surface area (Å²) in [6, 6.07) is -0.559. The summed E-state index contributed by atoms with van der Waals surface area (Å²) in [6.07, 6.45) is 1.04. The summed E-state index contributed by atoms with van der Waals surface area (Å²) in [7, 11) is 0. The minimum Gasteiger partial charge on any atom is -0.388 e. The molecule has 102 valence electrons. The highest BCUT2D eigenvalue weighted by Gasteiger charge is 2.30. The van der Waals surface area contributed by atoms with Gasteiger partial charge in [-0.3, -0.25) is 14.5 Å². The molecule has 0 aromatic rings. The Morgan fingerprint density at radius 1 is 1.44 bits per heavy atom. The van der Waals surface area contributed by atoms with Gasteiger partial charge in [0.2, 0.25) is 5.91 Å². The highest BCUT2D eigenvalue weighted by molar-refractivity contribution is 6.04. The Kier molecular flexibility index (Phi) is 4.66. The van der Waals surface area contributed by atoms with Gasteiger partial charge in [-0.2, -0.15) is 0 Å². The van der Waals surface area contributed by atoms with E-state index in [1.54, 1.807) is 0 Å². The molecule has 4 amide bonds. The van der Waals surface area contributed by atoms with E-state index >= 15 is 0 Å². The number of hydrogen-bond acceptors (Lipinski definition) is 4. The van der Waals surface area contributed by atoms with Crippen LogP contribution in [0.2, 0.25) is 0 Å². The molecule has 0 spiro atoms. The van der Waals surface area contributed by atoms with E-state index < -0.39 is 23.4 Å². The lowest BCUT2D eigenvalue weighted by Gasteiger charge is -2.25. The van der Waals surface area contributed by atoms with Crippen LogP contribution in [0.4, 0.5) is 4.79 Å². The molecule has 7 heteroatoms. The molecule has 0 bridgehead atoms. The molecule has 0 aliphatic carbocycles. The van der Waals surface area contributed by atoms with Crippen molar-refractivity contribution in [3.63, 3.8) is 0 Å². The summed E-state index contributed by atoms with van der Waals surface area (Å²) in [5.74, 6) is -0.878. The lowest BCUT2D eigenvalue weighted by Crippen LogP contribution is -2.46. The van der Waals surface area contributed by atoms with Crippen LogP contribution in [0, 0.1) is 0 Å². The van der Waals surface area contributed by atoms with Crippen LogP contribution in [0.3, 0.4) is 0 Å². The van der Waals surface area contributed by atoms with Crippen molar-refractivity contribution in [2.24, 2.45) is 0 Å². The first kappa shape index (κ1) is 14.4. The number of nitrogens with zero attached hydrogens (tertiary/aromatic N) is 1. The second-order valence-electron chi connectivity index (χ2n) is 4.35. The van der Waals surface area contributed by atoms with Crippen molar-refractivity contribution in [2.45, 2.75) is 32.3 Å². The van der Waals surface area contributed by atoms with Gasteiger partial charge in [0.05, 0.1) is 12.1 Å². The minimum atomic E-state index is -0.938. The van der Waals surface area contributed by atoms with E-state index in [1.165, 1.54) is 0 Å². The average Bonchev–Trinajstić information content (AvgIpc) is 2.68. The zero-order valence-electron chi connectivity index (χ0n) is 10.7. The number of aliphatic hydroxyl groups is 1. The van der Waals surface area contributed by atoms with E-state index in [9.17, 15) is 19.5 Å². The van der Waals surface area contributed by atoms with Gasteiger partial charge >= 0.3 is 6.03 Å². The average molecular weight is 257 g/mol. The standard InChI is InChI=1S/C11H19N3O4/c1-3-11(18,4-2)7-13-8(15)6-14-9(16)5-12-10(14)17/h18H,3-7H2,1-2H3,(H,12,17)(H,13,15). The van der Waals surface area contributed by atoms with Gasteiger partial charge in [0.1, 0.15) is 6.54 Å². The summed E-state index contributed by atoms with van der Waals surface area (Å²) < 4.78 is 0. The van der Waals surface area contributed by atoms with E-state index in [4.69, 9.17) is 0 Å². The number of nitrogens with one attached hydrogen (secondary N) is 2. The van der Waals surface area contributed by atoms with Crippen LogP contribution in [-0.2, 0) is 9.59 Å². The first-order valence-corrected chi connectivity index (χ1v) is 5.99. The van der Waals surface area contributed by atoms with Crippen molar-refractivity contribution in [2.75, 3.05) is 19.6 Å². The van der Waals surface area contributed by atoms with Gasteiger partial charge in [-0.1, -0.05) is 13.8 Å². The fourth-order valence-electron chi connectivity index (χ4n) is 1.58. The molecule has 1 rings (SSSR count). The molecular formula is C11H19N3O4. The molecule has 3 N–H and O–H groups in total. The Morgan fingerprint density at radius 3 is 2.50 bits per heavy atom. The quantitative estimate of drug-likeness (QED) is 0.543. The molecule has 1 aliphatic heterocycles. The number of urea groups is 1. The van der Waals surface area contributed by atoms with Crippen molar-refractivity contribution in [3.05, 3.63) is 0 Å². The molecule has 0 saturated carbocycles. The Morgan fingerprint density at radius 2 is 2.06 bits per heavy atom. The third-order valence-corrected chi connectivity index (χ3v) is 3.17. The maximum absolute atomic E-state index is 11.6. The predicted octanol–water partition coefficient (Wildman–Crippen LogP) is -0.794. The Hall–Kier alpha value is -1.63. The summed E-state index contributed by atoms with van der Waals surface area (Å²) in [4.78, 5) is 34.9. The van der Waals surface area contributed by atoms with Crippen molar-refractivity contribution in [1.29, 1.82) is 0 Å². The Bertz CT molecular complexity index is 336. The molecular weight excluding hydrogens is 238 g/mol. The largest absolute Gasteiger partial charge is 0.388 e. The fourth-order valence-corrected chi connectivity index (χ4v) is 1.58. The molecule has 0 aromatic carbocycles. The first-order valence-electron chi connectivity index (χ1n) is 5.99. The van der Waals surface area contributed by atoms with E-state index in [0.29, 0.717) is 12.8 Å². The highest BCUT2D eigenvalue weighted by atomic mass is 16.3. The second-order valence-corrected chi connectivity index (χ2v) is 4.35. The van der Waals surface area contributed by atoms with E-state index in [0.717, 1.165) is 4.90 Å². The van der Waals surface area contributed by atoms with Crippen LogP contribution in [0.5, 0.6) is 0 Å². The number of hydrogen-bond donors (Lipinski definition) is 3. The monoisotopic (exact) mass is 257 g/mol. The van der Waals surface area contributed by atoms with Gasteiger partial charge in [0.15, 0.2) is 0 Å². The van der Waals surface area contributed by atoms with E-state index in [2.05, 4.69) is 10.6 Å². The van der Waals surface area contributed by atoms with Gasteiger partial charge < -0.3 is 15.7 Å². The van der Waals surface area contributed by atoms with Crippen molar-refractivity contribution < 1.29 is 19.5 Å². The summed E-state index contributed by atoms with van der Waals surface area (Å²) in [5, 5.41) is 14.8. The third-order valence-electron chi connectivity index (χ3n) is 3.17. The van der Waals surface area contributed by atoms with Crippen LogP contribution in [0.1, 0.15) is 26.7 Å². The topological polar surface area (TPSA) is 98.7 Å². The van der Waals surface area contributed by atoms with E-state index in [1.807, 2.05) is 13.8 Å². The zero-order chi connectivity index (χ0) is 13.8. The van der Waals surface area contributed by atoms with Crippen molar-refractivity contribution in [3.8, 4) is 0 Å². The Balaban J connectivity index is 2.43. The smallest absolute Gasteiger partial charge is 0.325 e. The molecule has 0 aromatic heterocycles. The molecule has 1 aliphatic rings. The summed E-state index contributed by atoms with van der Waals surface area (Å²) in [6.45, 7) is 3.39. The maximum Gasteiger partial charge on any atom is 0.325 e. The minimum absolute atomic E-state index is 0.0695. The van der Waals surface area contributed by atoms with Gasteiger partial charge in [-0.15, -0.1) is 0 Å². The molecule has 1 heterocycles. The van der Waals surface area contributed by atoms with Crippen LogP contribution >= 0.6 is 0 Å². The van der Waals surface area contributed by atoms with Crippen molar-refractivity contribution >= 4 is 17.8 Å². The zero-order valence-corrected chi connectivity index (χ0v) is 10.7. The number of carbonyl (C=O) groups is 3. The summed E-state index contributed by atoms with van der Waals surface area (Å²) >= 11 is 0. The van der Waals surface area contributed by atoms with Gasteiger partial charge in [0, 0.05) is 6.54 Å². The van der Waals surface area contributed by atoms with Crippen LogP contribution in [0.25, 0.3) is 0 Å². The molecule has 1 saturated heterocycles. The molecule has 7 nitrogen and oxygen atoms in total. The summed E-state index contributed by atoms with van der Waals surface area (Å²) in [5.41, 5.74) is -0.938. The number of carbonyl (C=O) groups excluding carboxylic acids is 3. The molecule has 1 fully saturated rings. The lowest BCUT2D eigenvalue weighted by atomic mass is 9.98. The maximum atomic E-state index is 11.6.